The van der Waals surface area contributed by atoms with Crippen LogP contribution in [-0.4, -0.2) is 37.3 Å². The highest BCUT2D eigenvalue weighted by atomic mass is 35.7. The number of rotatable bonds is 4. The van der Waals surface area contributed by atoms with Crippen LogP contribution in [0.15, 0.2) is 29.2 Å². The summed E-state index contributed by atoms with van der Waals surface area (Å²) in [7, 11) is 1.54. The van der Waals surface area contributed by atoms with E-state index in [1.165, 1.54) is 12.1 Å². The van der Waals surface area contributed by atoms with Crippen molar-refractivity contribution in [3.05, 3.63) is 30.0 Å². The third-order valence-corrected chi connectivity index (χ3v) is 4.51. The van der Waals surface area contributed by atoms with E-state index >= 15 is 0 Å². The van der Waals surface area contributed by atoms with Crippen LogP contribution in [0.1, 0.15) is 24.3 Å². The van der Waals surface area contributed by atoms with Gasteiger partial charge in [-0.1, -0.05) is 0 Å². The maximum Gasteiger partial charge on any atom is 0.270 e. The summed E-state index contributed by atoms with van der Waals surface area (Å²) in [6.45, 7) is 5.04. The van der Waals surface area contributed by atoms with E-state index in [2.05, 4.69) is 4.98 Å². The van der Waals surface area contributed by atoms with Crippen molar-refractivity contribution < 1.29 is 13.2 Å². The number of fused-ring (bicyclic) bond motifs is 1. The van der Waals surface area contributed by atoms with Crippen LogP contribution in [0.5, 0.6) is 0 Å². The summed E-state index contributed by atoms with van der Waals surface area (Å²) >= 11 is 0. The SMILES string of the molecule is CCN(CC)C(=O)c1cc2cc(S(=O)(=O)Cl)ccc2[nH]1. The number of amides is 1. The number of H-pyrrole nitrogens is 1. The van der Waals surface area contributed by atoms with Gasteiger partial charge in [0.15, 0.2) is 0 Å². The topological polar surface area (TPSA) is 70.2 Å². The van der Waals surface area contributed by atoms with Crippen LogP contribution in [0, 0.1) is 0 Å². The molecule has 0 atom stereocenters. The first-order valence-electron chi connectivity index (χ1n) is 6.23. The van der Waals surface area contributed by atoms with E-state index in [0.717, 1.165) is 0 Å². The van der Waals surface area contributed by atoms with Gasteiger partial charge in [0.25, 0.3) is 15.0 Å². The second-order valence-corrected chi connectivity index (χ2v) is 6.91. The average molecular weight is 315 g/mol. The zero-order valence-corrected chi connectivity index (χ0v) is 12.8. The fourth-order valence-corrected chi connectivity index (χ4v) is 2.85. The number of halogens is 1. The number of benzene rings is 1. The molecule has 7 heteroatoms. The molecule has 1 heterocycles. The Bertz CT molecular complexity index is 748. The molecule has 2 rings (SSSR count). The lowest BCUT2D eigenvalue weighted by atomic mass is 10.2. The van der Waals surface area contributed by atoms with E-state index in [0.29, 0.717) is 29.7 Å². The molecule has 0 bridgehead atoms. The van der Waals surface area contributed by atoms with Crippen LogP contribution in [0.25, 0.3) is 10.9 Å². The second kappa shape index (κ2) is 5.46. The van der Waals surface area contributed by atoms with Crippen molar-refractivity contribution in [2.45, 2.75) is 18.7 Å². The van der Waals surface area contributed by atoms with E-state index in [1.807, 2.05) is 13.8 Å². The first-order chi connectivity index (χ1) is 9.36. The van der Waals surface area contributed by atoms with Crippen LogP contribution in [0.3, 0.4) is 0 Å². The van der Waals surface area contributed by atoms with Gasteiger partial charge in [-0.05, 0) is 38.1 Å². The number of aromatic amines is 1. The van der Waals surface area contributed by atoms with Gasteiger partial charge in [-0.15, -0.1) is 0 Å². The Labute approximate surface area is 122 Å². The highest BCUT2D eigenvalue weighted by Crippen LogP contribution is 2.23. The molecule has 0 saturated carbocycles. The van der Waals surface area contributed by atoms with Gasteiger partial charge in [-0.25, -0.2) is 8.42 Å². The summed E-state index contributed by atoms with van der Waals surface area (Å²) in [4.78, 5) is 16.9. The maximum absolute atomic E-state index is 12.2. The van der Waals surface area contributed by atoms with Gasteiger partial charge in [-0.3, -0.25) is 4.79 Å². The molecular formula is C13H15ClN2O3S. The molecule has 1 aromatic carbocycles. The zero-order chi connectivity index (χ0) is 14.9. The summed E-state index contributed by atoms with van der Waals surface area (Å²) < 4.78 is 22.6. The average Bonchev–Trinajstić information content (AvgIpc) is 2.81. The quantitative estimate of drug-likeness (QED) is 0.882. The fourth-order valence-electron chi connectivity index (χ4n) is 2.06. The van der Waals surface area contributed by atoms with Crippen LogP contribution in [-0.2, 0) is 9.05 Å². The predicted molar refractivity (Wildman–Crippen MR) is 78.6 cm³/mol. The minimum absolute atomic E-state index is 0.0208. The molecule has 0 radical (unpaired) electrons. The third-order valence-electron chi connectivity index (χ3n) is 3.15. The van der Waals surface area contributed by atoms with Gasteiger partial charge in [0.2, 0.25) is 0 Å². The molecule has 0 fully saturated rings. The van der Waals surface area contributed by atoms with Crippen molar-refractivity contribution in [1.82, 2.24) is 9.88 Å². The van der Waals surface area contributed by atoms with Gasteiger partial charge in [0.05, 0.1) is 4.90 Å². The van der Waals surface area contributed by atoms with Gasteiger partial charge in [0, 0.05) is 34.7 Å². The lowest BCUT2D eigenvalue weighted by Crippen LogP contribution is -2.30. The van der Waals surface area contributed by atoms with Crippen LogP contribution in [0.4, 0.5) is 0 Å². The molecule has 0 saturated heterocycles. The van der Waals surface area contributed by atoms with Gasteiger partial charge < -0.3 is 9.88 Å². The standard InChI is InChI=1S/C13H15ClN2O3S/c1-3-16(4-2)13(17)12-8-9-7-10(20(14,18)19)5-6-11(9)15-12/h5-8,15H,3-4H2,1-2H3. The number of carbonyl (C=O) groups is 1. The molecular weight excluding hydrogens is 300 g/mol. The number of hydrogen-bond donors (Lipinski definition) is 1. The number of aromatic nitrogens is 1. The number of nitrogens with one attached hydrogen (secondary N) is 1. The van der Waals surface area contributed by atoms with Crippen LogP contribution < -0.4 is 0 Å². The number of carbonyl (C=O) groups excluding carboxylic acids is 1. The minimum Gasteiger partial charge on any atom is -0.351 e. The van der Waals surface area contributed by atoms with E-state index in [9.17, 15) is 13.2 Å². The molecule has 5 nitrogen and oxygen atoms in total. The third kappa shape index (κ3) is 2.81. The molecule has 0 spiro atoms. The lowest BCUT2D eigenvalue weighted by molar-refractivity contribution is 0.0768. The Kier molecular flexibility index (Phi) is 4.06. The van der Waals surface area contributed by atoms with Crippen molar-refractivity contribution in [3.63, 3.8) is 0 Å². The summed E-state index contributed by atoms with van der Waals surface area (Å²) in [6.07, 6.45) is 0. The molecule has 108 valence electrons. The molecule has 0 aliphatic rings. The van der Waals surface area contributed by atoms with Gasteiger partial charge >= 0.3 is 0 Å². The molecule has 0 aliphatic heterocycles. The molecule has 1 amide bonds. The summed E-state index contributed by atoms with van der Waals surface area (Å²) in [6, 6.07) is 6.10. The van der Waals surface area contributed by atoms with Crippen molar-refractivity contribution in [2.24, 2.45) is 0 Å². The van der Waals surface area contributed by atoms with Crippen LogP contribution >= 0.6 is 10.7 Å². The lowest BCUT2D eigenvalue weighted by Gasteiger charge is -2.17. The van der Waals surface area contributed by atoms with Crippen molar-refractivity contribution >= 4 is 36.5 Å². The smallest absolute Gasteiger partial charge is 0.270 e. The number of hydrogen-bond acceptors (Lipinski definition) is 3. The van der Waals surface area contributed by atoms with E-state index in [-0.39, 0.29) is 10.8 Å². The van der Waals surface area contributed by atoms with Gasteiger partial charge in [-0.2, -0.15) is 0 Å². The Morgan fingerprint density at radius 3 is 2.45 bits per heavy atom. The summed E-state index contributed by atoms with van der Waals surface area (Å²) in [5.74, 6) is -0.110. The fraction of sp³-hybridized carbons (Fsp3) is 0.308. The largest absolute Gasteiger partial charge is 0.351 e. The summed E-state index contributed by atoms with van der Waals surface area (Å²) in [5, 5.41) is 0.641. The summed E-state index contributed by atoms with van der Waals surface area (Å²) in [5.41, 5.74) is 1.14. The molecule has 2 aromatic rings. The Morgan fingerprint density at radius 1 is 1.25 bits per heavy atom. The minimum atomic E-state index is -3.77. The molecule has 0 aliphatic carbocycles. The zero-order valence-electron chi connectivity index (χ0n) is 11.2. The van der Waals surface area contributed by atoms with E-state index in [4.69, 9.17) is 10.7 Å². The second-order valence-electron chi connectivity index (χ2n) is 4.35. The Hall–Kier alpha value is -1.53. The predicted octanol–water partition coefficient (Wildman–Crippen LogP) is 2.58. The Balaban J connectivity index is 2.47. The highest BCUT2D eigenvalue weighted by Gasteiger charge is 2.16. The maximum atomic E-state index is 12.2. The molecule has 20 heavy (non-hydrogen) atoms. The molecule has 1 N–H and O–H groups in total. The van der Waals surface area contributed by atoms with Crippen molar-refractivity contribution in [1.29, 1.82) is 0 Å². The van der Waals surface area contributed by atoms with E-state index < -0.39 is 9.05 Å². The van der Waals surface area contributed by atoms with E-state index in [1.54, 1.807) is 17.0 Å². The molecule has 1 aromatic heterocycles. The normalized spacial score (nSPS) is 11.8. The molecule has 0 unspecified atom stereocenters. The van der Waals surface area contributed by atoms with Crippen molar-refractivity contribution in [3.8, 4) is 0 Å². The highest BCUT2D eigenvalue weighted by molar-refractivity contribution is 8.13. The Morgan fingerprint density at radius 2 is 1.90 bits per heavy atom. The number of nitrogens with zero attached hydrogens (tertiary/aromatic N) is 1. The van der Waals surface area contributed by atoms with Crippen molar-refractivity contribution in [2.75, 3.05) is 13.1 Å². The monoisotopic (exact) mass is 314 g/mol. The van der Waals surface area contributed by atoms with Gasteiger partial charge in [0.1, 0.15) is 5.69 Å². The first kappa shape index (κ1) is 14.9. The first-order valence-corrected chi connectivity index (χ1v) is 8.54. The van der Waals surface area contributed by atoms with Crippen LogP contribution in [0.2, 0.25) is 0 Å².